The molecule has 0 bridgehead atoms. The number of carbonyl (C=O) groups is 2. The van der Waals surface area contributed by atoms with Crippen LogP contribution in [0.2, 0.25) is 0 Å². The van der Waals surface area contributed by atoms with Crippen molar-refractivity contribution < 1.29 is 9.59 Å². The zero-order valence-electron chi connectivity index (χ0n) is 12.0. The molecule has 2 saturated heterocycles. The maximum absolute atomic E-state index is 12.2. The van der Waals surface area contributed by atoms with Crippen LogP contribution in [-0.4, -0.2) is 60.9 Å². The number of rotatable bonds is 3. The lowest BCUT2D eigenvalue weighted by Gasteiger charge is -2.36. The number of nitrogens with one attached hydrogen (secondary N) is 1. The van der Waals surface area contributed by atoms with E-state index in [9.17, 15) is 9.59 Å². The van der Waals surface area contributed by atoms with Crippen LogP contribution in [0.1, 0.15) is 26.7 Å². The Morgan fingerprint density at radius 1 is 1.16 bits per heavy atom. The lowest BCUT2D eigenvalue weighted by molar-refractivity contribution is -0.142. The van der Waals surface area contributed by atoms with E-state index in [2.05, 4.69) is 19.2 Å². The van der Waals surface area contributed by atoms with Crippen molar-refractivity contribution in [3.63, 3.8) is 0 Å². The number of piperazine rings is 1. The van der Waals surface area contributed by atoms with Gasteiger partial charge in [-0.1, -0.05) is 13.8 Å². The standard InChI is InChI=1S/C14H25N3O2/c1-11(2)9-13(18)16-5-7-17(8-6-16)14(19)12-3-4-15-10-12/h11-12,15H,3-10H2,1-2H3. The third kappa shape index (κ3) is 3.69. The molecule has 1 unspecified atom stereocenters. The molecule has 0 spiro atoms. The van der Waals surface area contributed by atoms with E-state index in [1.165, 1.54) is 0 Å². The zero-order chi connectivity index (χ0) is 13.8. The predicted octanol–water partition coefficient (Wildman–Crippen LogP) is 0.313. The molecule has 2 fully saturated rings. The average molecular weight is 267 g/mol. The van der Waals surface area contributed by atoms with E-state index < -0.39 is 0 Å². The molecule has 1 N–H and O–H groups in total. The normalized spacial score (nSPS) is 24.1. The van der Waals surface area contributed by atoms with E-state index in [1.54, 1.807) is 0 Å². The van der Waals surface area contributed by atoms with Gasteiger partial charge in [0.2, 0.25) is 11.8 Å². The summed E-state index contributed by atoms with van der Waals surface area (Å²) in [5, 5.41) is 3.23. The van der Waals surface area contributed by atoms with Gasteiger partial charge in [0.1, 0.15) is 0 Å². The fraction of sp³-hybridized carbons (Fsp3) is 0.857. The molecule has 2 amide bonds. The van der Waals surface area contributed by atoms with Crippen molar-refractivity contribution in [2.75, 3.05) is 39.3 Å². The fourth-order valence-corrected chi connectivity index (χ4v) is 2.78. The minimum atomic E-state index is 0.151. The summed E-state index contributed by atoms with van der Waals surface area (Å²) in [7, 11) is 0. The van der Waals surface area contributed by atoms with Crippen LogP contribution in [0.5, 0.6) is 0 Å². The third-order valence-electron chi connectivity index (χ3n) is 3.94. The van der Waals surface area contributed by atoms with Crippen LogP contribution in [-0.2, 0) is 9.59 Å². The number of hydrogen-bond donors (Lipinski definition) is 1. The van der Waals surface area contributed by atoms with E-state index in [0.29, 0.717) is 38.5 Å². The van der Waals surface area contributed by atoms with Gasteiger partial charge in [-0.25, -0.2) is 0 Å². The zero-order valence-corrected chi connectivity index (χ0v) is 12.0. The molecular formula is C14H25N3O2. The smallest absolute Gasteiger partial charge is 0.227 e. The molecule has 0 aromatic carbocycles. The Morgan fingerprint density at radius 3 is 2.32 bits per heavy atom. The maximum atomic E-state index is 12.2. The number of hydrogen-bond acceptors (Lipinski definition) is 3. The van der Waals surface area contributed by atoms with Gasteiger partial charge in [0, 0.05) is 39.1 Å². The van der Waals surface area contributed by atoms with Crippen LogP contribution in [0.15, 0.2) is 0 Å². The summed E-state index contributed by atoms with van der Waals surface area (Å²) < 4.78 is 0. The Labute approximate surface area is 115 Å². The largest absolute Gasteiger partial charge is 0.339 e. The van der Waals surface area contributed by atoms with Crippen LogP contribution in [0, 0.1) is 11.8 Å². The minimum absolute atomic E-state index is 0.151. The first-order valence-corrected chi connectivity index (χ1v) is 7.35. The van der Waals surface area contributed by atoms with Crippen LogP contribution in [0.4, 0.5) is 0 Å². The summed E-state index contributed by atoms with van der Waals surface area (Å²) >= 11 is 0. The Hall–Kier alpha value is -1.10. The molecule has 0 radical (unpaired) electrons. The van der Waals surface area contributed by atoms with Crippen LogP contribution < -0.4 is 5.32 Å². The lowest BCUT2D eigenvalue weighted by atomic mass is 10.1. The molecule has 5 nitrogen and oxygen atoms in total. The fourth-order valence-electron chi connectivity index (χ4n) is 2.78. The van der Waals surface area contributed by atoms with Gasteiger partial charge in [-0.15, -0.1) is 0 Å². The third-order valence-corrected chi connectivity index (χ3v) is 3.94. The van der Waals surface area contributed by atoms with Gasteiger partial charge >= 0.3 is 0 Å². The molecule has 0 saturated carbocycles. The minimum Gasteiger partial charge on any atom is -0.339 e. The molecule has 2 heterocycles. The van der Waals surface area contributed by atoms with Gasteiger partial charge in [0.15, 0.2) is 0 Å². The average Bonchev–Trinajstić information content (AvgIpc) is 2.91. The SMILES string of the molecule is CC(C)CC(=O)N1CCN(C(=O)C2CCNC2)CC1. The highest BCUT2D eigenvalue weighted by Crippen LogP contribution is 2.14. The van der Waals surface area contributed by atoms with Crippen LogP contribution >= 0.6 is 0 Å². The number of nitrogens with zero attached hydrogens (tertiary/aromatic N) is 2. The van der Waals surface area contributed by atoms with E-state index in [4.69, 9.17) is 0 Å². The summed E-state index contributed by atoms with van der Waals surface area (Å²) in [5.74, 6) is 1.04. The Balaban J connectivity index is 1.78. The number of amides is 2. The summed E-state index contributed by atoms with van der Waals surface area (Å²) in [6, 6.07) is 0. The van der Waals surface area contributed by atoms with Crippen molar-refractivity contribution in [1.82, 2.24) is 15.1 Å². The summed E-state index contributed by atoms with van der Waals surface area (Å²) in [6.07, 6.45) is 1.56. The molecule has 2 aliphatic heterocycles. The highest BCUT2D eigenvalue weighted by atomic mass is 16.2. The van der Waals surface area contributed by atoms with Gasteiger partial charge < -0.3 is 15.1 Å². The summed E-state index contributed by atoms with van der Waals surface area (Å²) in [4.78, 5) is 28.0. The molecule has 2 aliphatic rings. The lowest BCUT2D eigenvalue weighted by Crippen LogP contribution is -2.52. The van der Waals surface area contributed by atoms with Gasteiger partial charge in [-0.2, -0.15) is 0 Å². The predicted molar refractivity (Wildman–Crippen MR) is 73.6 cm³/mol. The van der Waals surface area contributed by atoms with E-state index in [1.807, 2.05) is 9.80 Å². The van der Waals surface area contributed by atoms with Gasteiger partial charge in [-0.3, -0.25) is 9.59 Å². The van der Waals surface area contributed by atoms with E-state index in [0.717, 1.165) is 19.5 Å². The highest BCUT2D eigenvalue weighted by Gasteiger charge is 2.30. The highest BCUT2D eigenvalue weighted by molar-refractivity contribution is 5.80. The van der Waals surface area contributed by atoms with Gasteiger partial charge in [0.25, 0.3) is 0 Å². The van der Waals surface area contributed by atoms with Crippen molar-refractivity contribution >= 4 is 11.8 Å². The summed E-state index contributed by atoms with van der Waals surface area (Å²) in [5.41, 5.74) is 0. The van der Waals surface area contributed by atoms with Crippen molar-refractivity contribution in [3.8, 4) is 0 Å². The molecule has 0 aromatic heterocycles. The number of carbonyl (C=O) groups excluding carboxylic acids is 2. The monoisotopic (exact) mass is 267 g/mol. The molecule has 1 atom stereocenters. The molecule has 0 aliphatic carbocycles. The molecule has 5 heteroatoms. The maximum Gasteiger partial charge on any atom is 0.227 e. The quantitative estimate of drug-likeness (QED) is 0.801. The first kappa shape index (κ1) is 14.3. The van der Waals surface area contributed by atoms with Gasteiger partial charge in [0.05, 0.1) is 5.92 Å². The van der Waals surface area contributed by atoms with Gasteiger partial charge in [-0.05, 0) is 18.9 Å². The van der Waals surface area contributed by atoms with Crippen LogP contribution in [0.25, 0.3) is 0 Å². The Kier molecular flexibility index (Phi) is 4.80. The Morgan fingerprint density at radius 2 is 1.79 bits per heavy atom. The molecule has 0 aromatic rings. The molecule has 2 rings (SSSR count). The first-order valence-electron chi connectivity index (χ1n) is 7.35. The second-order valence-corrected chi connectivity index (χ2v) is 5.99. The molecular weight excluding hydrogens is 242 g/mol. The second kappa shape index (κ2) is 6.37. The van der Waals surface area contributed by atoms with E-state index >= 15 is 0 Å². The van der Waals surface area contributed by atoms with Crippen molar-refractivity contribution in [3.05, 3.63) is 0 Å². The van der Waals surface area contributed by atoms with Crippen molar-refractivity contribution in [2.45, 2.75) is 26.7 Å². The van der Waals surface area contributed by atoms with Crippen molar-refractivity contribution in [2.24, 2.45) is 11.8 Å². The Bertz CT molecular complexity index is 330. The van der Waals surface area contributed by atoms with Crippen LogP contribution in [0.3, 0.4) is 0 Å². The molecule has 19 heavy (non-hydrogen) atoms. The first-order chi connectivity index (χ1) is 9.08. The topological polar surface area (TPSA) is 52.7 Å². The van der Waals surface area contributed by atoms with E-state index in [-0.39, 0.29) is 17.7 Å². The second-order valence-electron chi connectivity index (χ2n) is 5.99. The van der Waals surface area contributed by atoms with Crippen molar-refractivity contribution in [1.29, 1.82) is 0 Å². The molecule has 108 valence electrons. The summed E-state index contributed by atoms with van der Waals surface area (Å²) in [6.45, 7) is 8.65.